The van der Waals surface area contributed by atoms with Crippen LogP contribution in [-0.2, 0) is 4.79 Å². The summed E-state index contributed by atoms with van der Waals surface area (Å²) < 4.78 is 0. The van der Waals surface area contributed by atoms with E-state index in [-0.39, 0.29) is 5.92 Å². The number of carboxylic acids is 1. The molecule has 2 aliphatic rings. The van der Waals surface area contributed by atoms with Crippen molar-refractivity contribution in [2.24, 2.45) is 11.3 Å². The monoisotopic (exact) mass is 254 g/mol. The zero-order valence-corrected chi connectivity index (χ0v) is 12.0. The Kier molecular flexibility index (Phi) is 3.70. The van der Waals surface area contributed by atoms with Gasteiger partial charge >= 0.3 is 5.97 Å². The quantitative estimate of drug-likeness (QED) is 0.829. The molecule has 0 spiro atoms. The zero-order chi connectivity index (χ0) is 13.5. The van der Waals surface area contributed by atoms with Crippen LogP contribution in [0.25, 0.3) is 0 Å². The summed E-state index contributed by atoms with van der Waals surface area (Å²) >= 11 is 0. The molecule has 2 heterocycles. The van der Waals surface area contributed by atoms with E-state index >= 15 is 0 Å². The lowest BCUT2D eigenvalue weighted by Crippen LogP contribution is -2.42. The molecule has 0 aliphatic carbocycles. The molecule has 4 heteroatoms. The van der Waals surface area contributed by atoms with Gasteiger partial charge in [0.2, 0.25) is 0 Å². The predicted molar refractivity (Wildman–Crippen MR) is 71.6 cm³/mol. The van der Waals surface area contributed by atoms with Gasteiger partial charge < -0.3 is 10.0 Å². The van der Waals surface area contributed by atoms with E-state index in [0.717, 1.165) is 26.1 Å². The van der Waals surface area contributed by atoms with E-state index in [1.165, 1.54) is 6.42 Å². The third kappa shape index (κ3) is 2.16. The maximum Gasteiger partial charge on any atom is 0.311 e. The molecule has 0 amide bonds. The first kappa shape index (κ1) is 13.8. The fourth-order valence-corrected chi connectivity index (χ4v) is 3.49. The topological polar surface area (TPSA) is 43.8 Å². The van der Waals surface area contributed by atoms with Crippen LogP contribution in [0.2, 0.25) is 0 Å². The number of likely N-dealkylation sites (N-methyl/N-ethyl adjacent to an activating group) is 1. The first-order valence-electron chi connectivity index (χ1n) is 7.04. The van der Waals surface area contributed by atoms with Crippen LogP contribution in [0, 0.1) is 11.3 Å². The van der Waals surface area contributed by atoms with Crippen molar-refractivity contribution in [2.45, 2.75) is 45.7 Å². The third-order valence-corrected chi connectivity index (χ3v) is 5.24. The summed E-state index contributed by atoms with van der Waals surface area (Å²) in [6.07, 6.45) is 1.97. The second kappa shape index (κ2) is 4.82. The van der Waals surface area contributed by atoms with Gasteiger partial charge in [-0.1, -0.05) is 13.8 Å². The molecule has 0 saturated carbocycles. The van der Waals surface area contributed by atoms with Crippen molar-refractivity contribution >= 4 is 5.97 Å². The molecule has 2 rings (SSSR count). The number of carbonyl (C=O) groups is 1. The molecular formula is C14H26N2O2. The van der Waals surface area contributed by atoms with Gasteiger partial charge in [0, 0.05) is 25.2 Å². The van der Waals surface area contributed by atoms with E-state index in [4.69, 9.17) is 0 Å². The van der Waals surface area contributed by atoms with Gasteiger partial charge in [-0.05, 0) is 39.3 Å². The number of aliphatic carboxylic acids is 1. The minimum Gasteiger partial charge on any atom is -0.481 e. The molecule has 0 radical (unpaired) electrons. The average molecular weight is 254 g/mol. The van der Waals surface area contributed by atoms with Crippen LogP contribution < -0.4 is 0 Å². The molecule has 1 N–H and O–H groups in total. The number of hydrogen-bond donors (Lipinski definition) is 1. The summed E-state index contributed by atoms with van der Waals surface area (Å²) in [6, 6.07) is 1.17. The van der Waals surface area contributed by atoms with Gasteiger partial charge in [-0.3, -0.25) is 9.69 Å². The van der Waals surface area contributed by atoms with Crippen molar-refractivity contribution < 1.29 is 9.90 Å². The highest BCUT2D eigenvalue weighted by atomic mass is 16.4. The molecule has 104 valence electrons. The molecule has 2 fully saturated rings. The molecule has 4 nitrogen and oxygen atoms in total. The molecule has 3 unspecified atom stereocenters. The third-order valence-electron chi connectivity index (χ3n) is 5.24. The predicted octanol–water partition coefficient (Wildman–Crippen LogP) is 1.51. The van der Waals surface area contributed by atoms with E-state index < -0.39 is 11.4 Å². The molecule has 0 aromatic carbocycles. The van der Waals surface area contributed by atoms with Gasteiger partial charge in [0.1, 0.15) is 0 Å². The fraction of sp³-hybridized carbons (Fsp3) is 0.929. The van der Waals surface area contributed by atoms with Crippen molar-refractivity contribution in [3.8, 4) is 0 Å². The maximum atomic E-state index is 11.6. The minimum absolute atomic E-state index is 0.205. The molecule has 0 bridgehead atoms. The highest BCUT2D eigenvalue weighted by molar-refractivity contribution is 5.75. The second-order valence-corrected chi connectivity index (χ2v) is 6.51. The van der Waals surface area contributed by atoms with E-state index in [2.05, 4.69) is 23.8 Å². The number of carboxylic acid groups (broad SMARTS) is 1. The maximum absolute atomic E-state index is 11.6. The minimum atomic E-state index is -0.612. The van der Waals surface area contributed by atoms with Gasteiger partial charge in [-0.15, -0.1) is 0 Å². The Balaban J connectivity index is 2.06. The summed E-state index contributed by atoms with van der Waals surface area (Å²) in [5.74, 6) is -0.407. The van der Waals surface area contributed by atoms with Gasteiger partial charge in [0.25, 0.3) is 0 Å². The summed E-state index contributed by atoms with van der Waals surface area (Å²) in [6.45, 7) is 9.08. The van der Waals surface area contributed by atoms with E-state index in [1.807, 2.05) is 13.8 Å². The number of hydrogen-bond acceptors (Lipinski definition) is 3. The summed E-state index contributed by atoms with van der Waals surface area (Å²) in [7, 11) is 2.16. The highest BCUT2D eigenvalue weighted by Gasteiger charge is 2.49. The Labute approximate surface area is 110 Å². The van der Waals surface area contributed by atoms with Crippen molar-refractivity contribution in [3.05, 3.63) is 0 Å². The van der Waals surface area contributed by atoms with Crippen LogP contribution in [0.3, 0.4) is 0 Å². The van der Waals surface area contributed by atoms with Gasteiger partial charge in [0.05, 0.1) is 5.41 Å². The SMILES string of the molecule is CC1CC(N2CCC(C(=O)O)(C(C)C)C2)CN1C. The van der Waals surface area contributed by atoms with Crippen molar-refractivity contribution in [1.29, 1.82) is 0 Å². The summed E-state index contributed by atoms with van der Waals surface area (Å²) in [5, 5.41) is 9.56. The number of likely N-dealkylation sites (tertiary alicyclic amines) is 2. The number of nitrogens with zero attached hydrogens (tertiary/aromatic N) is 2. The van der Waals surface area contributed by atoms with Crippen molar-refractivity contribution in [3.63, 3.8) is 0 Å². The van der Waals surface area contributed by atoms with Crippen molar-refractivity contribution in [1.82, 2.24) is 9.80 Å². The lowest BCUT2D eigenvalue weighted by molar-refractivity contribution is -0.151. The fourth-order valence-electron chi connectivity index (χ4n) is 3.49. The zero-order valence-electron chi connectivity index (χ0n) is 12.0. The lowest BCUT2D eigenvalue weighted by atomic mass is 9.76. The molecule has 0 aromatic heterocycles. The van der Waals surface area contributed by atoms with Crippen LogP contribution >= 0.6 is 0 Å². The van der Waals surface area contributed by atoms with Crippen LogP contribution in [0.4, 0.5) is 0 Å². The standard InChI is InChI=1S/C14H26N2O2/c1-10(2)14(13(17)18)5-6-16(9-14)12-7-11(3)15(4)8-12/h10-12H,5-9H2,1-4H3,(H,17,18). The normalized spacial score (nSPS) is 38.7. The van der Waals surface area contributed by atoms with E-state index in [1.54, 1.807) is 0 Å². The first-order chi connectivity index (χ1) is 8.36. The molecular weight excluding hydrogens is 228 g/mol. The second-order valence-electron chi connectivity index (χ2n) is 6.51. The summed E-state index contributed by atoms with van der Waals surface area (Å²) in [4.78, 5) is 16.4. The smallest absolute Gasteiger partial charge is 0.311 e. The Morgan fingerprint density at radius 2 is 2.11 bits per heavy atom. The Morgan fingerprint density at radius 3 is 2.50 bits per heavy atom. The molecule has 18 heavy (non-hydrogen) atoms. The molecule has 2 aliphatic heterocycles. The number of rotatable bonds is 3. The van der Waals surface area contributed by atoms with E-state index in [0.29, 0.717) is 12.1 Å². The van der Waals surface area contributed by atoms with Gasteiger partial charge in [0.15, 0.2) is 0 Å². The van der Waals surface area contributed by atoms with E-state index in [9.17, 15) is 9.90 Å². The average Bonchev–Trinajstić information content (AvgIpc) is 2.84. The largest absolute Gasteiger partial charge is 0.481 e. The Bertz CT molecular complexity index is 322. The molecule has 0 aromatic rings. The molecule has 3 atom stereocenters. The molecule has 2 saturated heterocycles. The Morgan fingerprint density at radius 1 is 1.44 bits per heavy atom. The van der Waals surface area contributed by atoms with Gasteiger partial charge in [-0.2, -0.15) is 0 Å². The van der Waals surface area contributed by atoms with Crippen LogP contribution in [0.15, 0.2) is 0 Å². The first-order valence-corrected chi connectivity index (χ1v) is 7.04. The summed E-state index contributed by atoms with van der Waals surface area (Å²) in [5.41, 5.74) is -0.523. The van der Waals surface area contributed by atoms with Crippen LogP contribution in [0.1, 0.15) is 33.6 Å². The Hall–Kier alpha value is -0.610. The lowest BCUT2D eigenvalue weighted by Gasteiger charge is -2.30. The highest BCUT2D eigenvalue weighted by Crippen LogP contribution is 2.40. The van der Waals surface area contributed by atoms with Crippen molar-refractivity contribution in [2.75, 3.05) is 26.7 Å². The van der Waals surface area contributed by atoms with Gasteiger partial charge in [-0.25, -0.2) is 0 Å². The van der Waals surface area contributed by atoms with Crippen LogP contribution in [-0.4, -0.2) is 59.6 Å². The van der Waals surface area contributed by atoms with Crippen LogP contribution in [0.5, 0.6) is 0 Å².